The maximum absolute atomic E-state index is 11.7. The molecule has 1 heterocycles. The van der Waals surface area contributed by atoms with E-state index in [1.807, 2.05) is 29.6 Å². The molecule has 0 aliphatic rings. The summed E-state index contributed by atoms with van der Waals surface area (Å²) in [4.78, 5) is 12.3. The lowest BCUT2D eigenvalue weighted by Crippen LogP contribution is -1.93. The molecule has 1 aromatic heterocycles. The van der Waals surface area contributed by atoms with Crippen molar-refractivity contribution in [1.29, 1.82) is 0 Å². The van der Waals surface area contributed by atoms with Crippen LogP contribution < -0.4 is 0 Å². The molecule has 1 aromatic carbocycles. The first kappa shape index (κ1) is 10.6. The SMILES string of the molecule is O=C(/C=C(\O)c1ccccc1)c1cccs1. The molecule has 0 radical (unpaired) electrons. The van der Waals surface area contributed by atoms with Crippen LogP contribution in [0.15, 0.2) is 53.9 Å². The topological polar surface area (TPSA) is 37.3 Å². The Kier molecular flexibility index (Phi) is 3.17. The lowest BCUT2D eigenvalue weighted by Gasteiger charge is -1.98. The van der Waals surface area contributed by atoms with Crippen LogP contribution in [0.2, 0.25) is 0 Å². The molecule has 0 spiro atoms. The van der Waals surface area contributed by atoms with Crippen molar-refractivity contribution in [2.45, 2.75) is 0 Å². The molecule has 0 unspecified atom stereocenters. The molecule has 2 nitrogen and oxygen atoms in total. The van der Waals surface area contributed by atoms with Gasteiger partial charge in [-0.2, -0.15) is 0 Å². The van der Waals surface area contributed by atoms with E-state index in [2.05, 4.69) is 0 Å². The normalized spacial score (nSPS) is 11.4. The number of ketones is 1. The van der Waals surface area contributed by atoms with Gasteiger partial charge in [0.05, 0.1) is 4.88 Å². The lowest BCUT2D eigenvalue weighted by atomic mass is 10.1. The highest BCUT2D eigenvalue weighted by Crippen LogP contribution is 2.15. The molecule has 1 N–H and O–H groups in total. The largest absolute Gasteiger partial charge is 0.507 e. The molecule has 16 heavy (non-hydrogen) atoms. The fourth-order valence-electron chi connectivity index (χ4n) is 1.31. The predicted octanol–water partition coefficient (Wildman–Crippen LogP) is 3.53. The van der Waals surface area contributed by atoms with Gasteiger partial charge in [0.25, 0.3) is 0 Å². The summed E-state index contributed by atoms with van der Waals surface area (Å²) in [5, 5.41) is 11.6. The second-order valence-corrected chi connectivity index (χ2v) is 4.18. The van der Waals surface area contributed by atoms with Gasteiger partial charge in [-0.05, 0) is 11.4 Å². The fourth-order valence-corrected chi connectivity index (χ4v) is 1.94. The van der Waals surface area contributed by atoms with Gasteiger partial charge in [-0.25, -0.2) is 0 Å². The Morgan fingerprint density at radius 1 is 1.12 bits per heavy atom. The molecule has 0 amide bonds. The molecule has 0 aliphatic heterocycles. The monoisotopic (exact) mass is 230 g/mol. The Bertz CT molecular complexity index is 498. The minimum absolute atomic E-state index is 0.000926. The molecule has 3 heteroatoms. The third kappa shape index (κ3) is 2.38. The Morgan fingerprint density at radius 2 is 1.88 bits per heavy atom. The van der Waals surface area contributed by atoms with E-state index in [1.54, 1.807) is 18.2 Å². The molecule has 0 saturated carbocycles. The zero-order valence-corrected chi connectivity index (χ0v) is 9.28. The van der Waals surface area contributed by atoms with Crippen LogP contribution in [0.5, 0.6) is 0 Å². The fraction of sp³-hybridized carbons (Fsp3) is 0. The second-order valence-electron chi connectivity index (χ2n) is 3.24. The van der Waals surface area contributed by atoms with Gasteiger partial charge in [0.15, 0.2) is 5.78 Å². The molecule has 0 bridgehead atoms. The van der Waals surface area contributed by atoms with Crippen molar-refractivity contribution in [3.8, 4) is 0 Å². The Balaban J connectivity index is 2.23. The summed E-state index contributed by atoms with van der Waals surface area (Å²) in [5.41, 5.74) is 0.646. The minimum Gasteiger partial charge on any atom is -0.507 e. The standard InChI is InChI=1S/C13H10O2S/c14-11(10-5-2-1-3-6-10)9-12(15)13-7-4-8-16-13/h1-9,14H/b11-9-. The molecule has 80 valence electrons. The summed E-state index contributed by atoms with van der Waals surface area (Å²) in [6, 6.07) is 12.6. The van der Waals surface area contributed by atoms with Gasteiger partial charge in [-0.15, -0.1) is 11.3 Å². The average Bonchev–Trinajstić information content (AvgIpc) is 2.83. The number of carbonyl (C=O) groups is 1. The van der Waals surface area contributed by atoms with Crippen LogP contribution in [0.25, 0.3) is 5.76 Å². The van der Waals surface area contributed by atoms with Crippen molar-refractivity contribution in [3.05, 3.63) is 64.4 Å². The highest BCUT2D eigenvalue weighted by atomic mass is 32.1. The van der Waals surface area contributed by atoms with E-state index in [0.717, 1.165) is 0 Å². The smallest absolute Gasteiger partial charge is 0.199 e. The van der Waals surface area contributed by atoms with Crippen LogP contribution in [-0.4, -0.2) is 10.9 Å². The molecule has 0 aliphatic carbocycles. The van der Waals surface area contributed by atoms with Crippen LogP contribution in [0.1, 0.15) is 15.2 Å². The Morgan fingerprint density at radius 3 is 2.50 bits per heavy atom. The number of hydrogen-bond donors (Lipinski definition) is 1. The molecular weight excluding hydrogens is 220 g/mol. The number of thiophene rings is 1. The maximum atomic E-state index is 11.7. The van der Waals surface area contributed by atoms with Gasteiger partial charge in [0.1, 0.15) is 5.76 Å². The highest BCUT2D eigenvalue weighted by molar-refractivity contribution is 7.12. The summed E-state index contributed by atoms with van der Waals surface area (Å²) < 4.78 is 0. The molecule has 2 rings (SSSR count). The van der Waals surface area contributed by atoms with Crippen molar-refractivity contribution in [3.63, 3.8) is 0 Å². The molecule has 2 aromatic rings. The number of benzene rings is 1. The van der Waals surface area contributed by atoms with Crippen molar-refractivity contribution in [2.75, 3.05) is 0 Å². The number of hydrogen-bond acceptors (Lipinski definition) is 3. The van der Waals surface area contributed by atoms with Gasteiger partial charge in [0.2, 0.25) is 0 Å². The van der Waals surface area contributed by atoms with Gasteiger partial charge in [-0.3, -0.25) is 4.79 Å². The number of aliphatic hydroxyl groups is 1. The van der Waals surface area contributed by atoms with Crippen LogP contribution in [0, 0.1) is 0 Å². The van der Waals surface area contributed by atoms with Crippen molar-refractivity contribution in [2.24, 2.45) is 0 Å². The first-order valence-electron chi connectivity index (χ1n) is 4.81. The lowest BCUT2D eigenvalue weighted by molar-refractivity contribution is 0.105. The third-order valence-electron chi connectivity index (χ3n) is 2.10. The van der Waals surface area contributed by atoms with E-state index < -0.39 is 0 Å². The Hall–Kier alpha value is -1.87. The van der Waals surface area contributed by atoms with Crippen LogP contribution >= 0.6 is 11.3 Å². The first-order chi connectivity index (χ1) is 7.77. The van der Waals surface area contributed by atoms with Crippen molar-refractivity contribution < 1.29 is 9.90 Å². The maximum Gasteiger partial charge on any atom is 0.199 e. The summed E-state index contributed by atoms with van der Waals surface area (Å²) in [5.74, 6) is -0.171. The molecule has 0 fully saturated rings. The zero-order valence-electron chi connectivity index (χ0n) is 8.46. The summed E-state index contributed by atoms with van der Waals surface area (Å²) >= 11 is 1.36. The van der Waals surface area contributed by atoms with Gasteiger partial charge >= 0.3 is 0 Å². The van der Waals surface area contributed by atoms with Crippen molar-refractivity contribution >= 4 is 22.9 Å². The molecule has 0 saturated heterocycles. The van der Waals surface area contributed by atoms with E-state index in [9.17, 15) is 9.90 Å². The number of aliphatic hydroxyl groups excluding tert-OH is 1. The second kappa shape index (κ2) is 4.77. The van der Waals surface area contributed by atoms with Crippen molar-refractivity contribution in [1.82, 2.24) is 0 Å². The predicted molar refractivity (Wildman–Crippen MR) is 65.7 cm³/mol. The quantitative estimate of drug-likeness (QED) is 0.497. The van der Waals surface area contributed by atoms with Gasteiger partial charge < -0.3 is 5.11 Å². The van der Waals surface area contributed by atoms with Crippen LogP contribution in [-0.2, 0) is 0 Å². The third-order valence-corrected chi connectivity index (χ3v) is 2.99. The summed E-state index contributed by atoms with van der Waals surface area (Å²) in [6.07, 6.45) is 1.25. The average molecular weight is 230 g/mol. The Labute approximate surface area is 97.5 Å². The van der Waals surface area contributed by atoms with E-state index in [4.69, 9.17) is 0 Å². The highest BCUT2D eigenvalue weighted by Gasteiger charge is 2.06. The summed E-state index contributed by atoms with van der Waals surface area (Å²) in [6.45, 7) is 0. The van der Waals surface area contributed by atoms with E-state index in [1.165, 1.54) is 17.4 Å². The minimum atomic E-state index is -0.170. The van der Waals surface area contributed by atoms with Crippen LogP contribution in [0.4, 0.5) is 0 Å². The summed E-state index contributed by atoms with van der Waals surface area (Å²) in [7, 11) is 0. The molecule has 0 atom stereocenters. The van der Waals surface area contributed by atoms with E-state index >= 15 is 0 Å². The van der Waals surface area contributed by atoms with E-state index in [-0.39, 0.29) is 11.5 Å². The molecular formula is C13H10O2S. The number of carbonyl (C=O) groups excluding carboxylic acids is 1. The van der Waals surface area contributed by atoms with Crippen LogP contribution in [0.3, 0.4) is 0 Å². The van der Waals surface area contributed by atoms with Gasteiger partial charge in [0, 0.05) is 11.6 Å². The number of allylic oxidation sites excluding steroid dienone is 1. The van der Waals surface area contributed by atoms with Gasteiger partial charge in [-0.1, -0.05) is 36.4 Å². The first-order valence-corrected chi connectivity index (χ1v) is 5.69. The van der Waals surface area contributed by atoms with E-state index in [0.29, 0.717) is 10.4 Å². The zero-order chi connectivity index (χ0) is 11.4. The number of rotatable bonds is 3.